The average molecular weight is 261 g/mol. The predicted octanol–water partition coefficient (Wildman–Crippen LogP) is -0.537. The van der Waals surface area contributed by atoms with E-state index in [1.54, 1.807) is 0 Å². The zero-order chi connectivity index (χ0) is 14.0. The lowest BCUT2D eigenvalue weighted by Crippen LogP contribution is -2.41. The number of carboxylic acids is 1. The van der Waals surface area contributed by atoms with Gasteiger partial charge in [-0.2, -0.15) is 0 Å². The van der Waals surface area contributed by atoms with Crippen molar-refractivity contribution in [2.24, 2.45) is 0 Å². The van der Waals surface area contributed by atoms with Crippen molar-refractivity contribution in [1.29, 1.82) is 0 Å². The van der Waals surface area contributed by atoms with Gasteiger partial charge in [0, 0.05) is 26.1 Å². The molecule has 0 aromatic carbocycles. The molecule has 0 aromatic heterocycles. The second-order valence-electron chi connectivity index (χ2n) is 3.85. The van der Waals surface area contributed by atoms with Crippen LogP contribution in [0.5, 0.6) is 0 Å². The topological polar surface area (TPSA) is 102 Å². The number of rotatable bonds is 9. The van der Waals surface area contributed by atoms with E-state index in [-0.39, 0.29) is 19.0 Å². The highest BCUT2D eigenvalue weighted by Gasteiger charge is 2.12. The maximum Gasteiger partial charge on any atom is 0.332 e. The van der Waals surface area contributed by atoms with Crippen molar-refractivity contribution in [3.05, 3.63) is 0 Å². The number of hydrogen-bond donors (Lipinski definition) is 4. The summed E-state index contributed by atoms with van der Waals surface area (Å²) in [6.45, 7) is 7.42. The Bertz CT molecular complexity index is 257. The number of nitrogens with zero attached hydrogens (tertiary/aromatic N) is 1. The van der Waals surface area contributed by atoms with Gasteiger partial charge in [0.1, 0.15) is 0 Å². The number of carbonyl (C=O) groups is 2. The maximum absolute atomic E-state index is 11.3. The van der Waals surface area contributed by atoms with Gasteiger partial charge in [-0.3, -0.25) is 0 Å². The van der Waals surface area contributed by atoms with E-state index < -0.39 is 12.1 Å². The summed E-state index contributed by atoms with van der Waals surface area (Å²) >= 11 is 0. The SMILES string of the molecule is CCN(CC)CCNC(=O)NCC[C@H](O)C(=O)O. The Balaban J connectivity index is 3.57. The molecule has 0 radical (unpaired) electrons. The van der Waals surface area contributed by atoms with Crippen LogP contribution in [-0.2, 0) is 4.79 Å². The number of carboxylic acid groups (broad SMARTS) is 1. The Morgan fingerprint density at radius 2 is 1.72 bits per heavy atom. The molecule has 4 N–H and O–H groups in total. The smallest absolute Gasteiger partial charge is 0.332 e. The highest BCUT2D eigenvalue weighted by molar-refractivity contribution is 5.74. The number of urea groups is 1. The summed E-state index contributed by atoms with van der Waals surface area (Å²) < 4.78 is 0. The first-order chi connectivity index (χ1) is 8.51. The third-order valence-electron chi connectivity index (χ3n) is 2.60. The summed E-state index contributed by atoms with van der Waals surface area (Å²) in [5, 5.41) is 22.5. The van der Waals surface area contributed by atoms with Gasteiger partial charge >= 0.3 is 12.0 Å². The summed E-state index contributed by atoms with van der Waals surface area (Å²) in [5.41, 5.74) is 0. The fourth-order valence-corrected chi connectivity index (χ4v) is 1.38. The molecule has 7 nitrogen and oxygen atoms in total. The van der Waals surface area contributed by atoms with Crippen LogP contribution < -0.4 is 10.6 Å². The van der Waals surface area contributed by atoms with Gasteiger partial charge in [0.05, 0.1) is 0 Å². The van der Waals surface area contributed by atoms with E-state index in [2.05, 4.69) is 29.4 Å². The number of aliphatic carboxylic acids is 1. The highest BCUT2D eigenvalue weighted by atomic mass is 16.4. The van der Waals surface area contributed by atoms with E-state index in [0.29, 0.717) is 6.54 Å². The third kappa shape index (κ3) is 7.86. The number of likely N-dealkylation sites (N-methyl/N-ethyl adjacent to an activating group) is 1. The fraction of sp³-hybridized carbons (Fsp3) is 0.818. The Labute approximate surface area is 107 Å². The number of aliphatic hydroxyl groups excluding tert-OH is 1. The molecule has 0 aliphatic rings. The largest absolute Gasteiger partial charge is 0.479 e. The van der Waals surface area contributed by atoms with Gasteiger partial charge in [0.25, 0.3) is 0 Å². The first-order valence-electron chi connectivity index (χ1n) is 6.16. The van der Waals surface area contributed by atoms with Crippen LogP contribution in [0, 0.1) is 0 Å². The lowest BCUT2D eigenvalue weighted by atomic mass is 10.2. The van der Waals surface area contributed by atoms with Gasteiger partial charge in [0.2, 0.25) is 0 Å². The third-order valence-corrected chi connectivity index (χ3v) is 2.60. The van der Waals surface area contributed by atoms with Gasteiger partial charge in [0.15, 0.2) is 6.10 Å². The molecular weight excluding hydrogens is 238 g/mol. The van der Waals surface area contributed by atoms with Crippen LogP contribution in [0.2, 0.25) is 0 Å². The van der Waals surface area contributed by atoms with Crippen LogP contribution in [0.25, 0.3) is 0 Å². The van der Waals surface area contributed by atoms with Gasteiger partial charge in [-0.15, -0.1) is 0 Å². The maximum atomic E-state index is 11.3. The summed E-state index contributed by atoms with van der Waals surface area (Å²) in [7, 11) is 0. The van der Waals surface area contributed by atoms with E-state index in [4.69, 9.17) is 10.2 Å². The Kier molecular flexibility index (Phi) is 8.95. The minimum Gasteiger partial charge on any atom is -0.479 e. The van der Waals surface area contributed by atoms with Crippen LogP contribution in [0.1, 0.15) is 20.3 Å². The van der Waals surface area contributed by atoms with Crippen LogP contribution in [0.4, 0.5) is 4.79 Å². The summed E-state index contributed by atoms with van der Waals surface area (Å²) in [6, 6.07) is -0.347. The summed E-state index contributed by atoms with van der Waals surface area (Å²) in [6.07, 6.45) is -1.43. The molecule has 0 aromatic rings. The van der Waals surface area contributed by atoms with Crippen molar-refractivity contribution in [2.75, 3.05) is 32.7 Å². The summed E-state index contributed by atoms with van der Waals surface area (Å²) in [4.78, 5) is 23.8. The van der Waals surface area contributed by atoms with Crippen molar-refractivity contribution in [2.45, 2.75) is 26.4 Å². The second kappa shape index (κ2) is 9.67. The van der Waals surface area contributed by atoms with Crippen LogP contribution in [-0.4, -0.2) is 65.9 Å². The molecule has 2 amide bonds. The van der Waals surface area contributed by atoms with Crippen LogP contribution >= 0.6 is 0 Å². The second-order valence-corrected chi connectivity index (χ2v) is 3.85. The molecule has 0 spiro atoms. The van der Waals surface area contributed by atoms with Crippen molar-refractivity contribution in [3.63, 3.8) is 0 Å². The van der Waals surface area contributed by atoms with Crippen LogP contribution in [0.15, 0.2) is 0 Å². The number of hydrogen-bond acceptors (Lipinski definition) is 4. The zero-order valence-corrected chi connectivity index (χ0v) is 11.0. The van der Waals surface area contributed by atoms with Crippen molar-refractivity contribution in [1.82, 2.24) is 15.5 Å². The molecule has 0 unspecified atom stereocenters. The van der Waals surface area contributed by atoms with Gasteiger partial charge in [-0.1, -0.05) is 13.8 Å². The van der Waals surface area contributed by atoms with E-state index in [1.165, 1.54) is 0 Å². The van der Waals surface area contributed by atoms with Crippen molar-refractivity contribution >= 4 is 12.0 Å². The molecule has 106 valence electrons. The van der Waals surface area contributed by atoms with Gasteiger partial charge < -0.3 is 25.7 Å². The molecule has 0 bridgehead atoms. The standard InChI is InChI=1S/C11H23N3O4/c1-3-14(4-2)8-7-13-11(18)12-6-5-9(15)10(16)17/h9,15H,3-8H2,1-2H3,(H,16,17)(H2,12,13,18)/t9-/m0/s1. The van der Waals surface area contributed by atoms with E-state index >= 15 is 0 Å². The fourth-order valence-electron chi connectivity index (χ4n) is 1.38. The van der Waals surface area contributed by atoms with Gasteiger partial charge in [-0.05, 0) is 13.1 Å². The normalized spacial score (nSPS) is 12.2. The number of amides is 2. The Morgan fingerprint density at radius 3 is 2.22 bits per heavy atom. The highest BCUT2D eigenvalue weighted by Crippen LogP contribution is 1.89. The van der Waals surface area contributed by atoms with Crippen LogP contribution in [0.3, 0.4) is 0 Å². The lowest BCUT2D eigenvalue weighted by molar-refractivity contribution is -0.146. The van der Waals surface area contributed by atoms with E-state index in [0.717, 1.165) is 19.6 Å². The molecule has 0 saturated carbocycles. The summed E-state index contributed by atoms with van der Waals surface area (Å²) in [5.74, 6) is -1.28. The van der Waals surface area contributed by atoms with E-state index in [9.17, 15) is 9.59 Å². The monoisotopic (exact) mass is 261 g/mol. The van der Waals surface area contributed by atoms with Crippen molar-refractivity contribution in [3.8, 4) is 0 Å². The lowest BCUT2D eigenvalue weighted by Gasteiger charge is -2.18. The quantitative estimate of drug-likeness (QED) is 0.446. The first kappa shape index (κ1) is 16.7. The minimum atomic E-state index is -1.43. The van der Waals surface area contributed by atoms with Crippen molar-refractivity contribution < 1.29 is 19.8 Å². The first-order valence-corrected chi connectivity index (χ1v) is 6.16. The predicted molar refractivity (Wildman–Crippen MR) is 67.4 cm³/mol. The Morgan fingerprint density at radius 1 is 1.17 bits per heavy atom. The number of carbonyl (C=O) groups excluding carboxylic acids is 1. The Hall–Kier alpha value is -1.34. The molecule has 0 aliphatic carbocycles. The van der Waals surface area contributed by atoms with E-state index in [1.807, 2.05) is 0 Å². The number of nitrogens with one attached hydrogen (secondary N) is 2. The molecule has 0 heterocycles. The minimum absolute atomic E-state index is 0.00119. The molecule has 0 saturated heterocycles. The molecule has 0 rings (SSSR count). The average Bonchev–Trinajstić information content (AvgIpc) is 2.34. The molecule has 1 atom stereocenters. The number of aliphatic hydroxyl groups is 1. The molecule has 7 heteroatoms. The zero-order valence-electron chi connectivity index (χ0n) is 11.0. The van der Waals surface area contributed by atoms with Gasteiger partial charge in [-0.25, -0.2) is 9.59 Å². The molecule has 0 aliphatic heterocycles. The molecule has 18 heavy (non-hydrogen) atoms. The molecular formula is C11H23N3O4. The molecule has 0 fully saturated rings.